The van der Waals surface area contributed by atoms with Gasteiger partial charge in [0, 0.05) is 13.1 Å². The van der Waals surface area contributed by atoms with E-state index in [0.29, 0.717) is 6.54 Å². The second-order valence-electron chi connectivity index (χ2n) is 3.30. The summed E-state index contributed by atoms with van der Waals surface area (Å²) in [6, 6.07) is 0. The highest BCUT2D eigenvalue weighted by molar-refractivity contribution is 9.10. The maximum absolute atomic E-state index is 11.8. The van der Waals surface area contributed by atoms with Gasteiger partial charge >= 0.3 is 0 Å². The molecule has 84 valence electrons. The standard InChI is InChI=1S/C10H16BrN3O/c1-4-13(5-2)10(15)7-14-8(3)9(11)6-12-14/h6H,4-5,7H2,1-3H3. The third-order valence-electron chi connectivity index (χ3n) is 2.44. The van der Waals surface area contributed by atoms with E-state index in [-0.39, 0.29) is 5.91 Å². The molecule has 0 fully saturated rings. The van der Waals surface area contributed by atoms with E-state index < -0.39 is 0 Å². The summed E-state index contributed by atoms with van der Waals surface area (Å²) >= 11 is 3.37. The van der Waals surface area contributed by atoms with Gasteiger partial charge in [0.15, 0.2) is 0 Å². The molecule has 0 atom stereocenters. The van der Waals surface area contributed by atoms with Gasteiger partial charge in [-0.15, -0.1) is 0 Å². The van der Waals surface area contributed by atoms with E-state index in [4.69, 9.17) is 0 Å². The van der Waals surface area contributed by atoms with Gasteiger partial charge in [0.25, 0.3) is 0 Å². The zero-order valence-electron chi connectivity index (χ0n) is 9.33. The van der Waals surface area contributed by atoms with E-state index >= 15 is 0 Å². The van der Waals surface area contributed by atoms with Crippen molar-refractivity contribution >= 4 is 21.8 Å². The van der Waals surface area contributed by atoms with Crippen molar-refractivity contribution < 1.29 is 4.79 Å². The Balaban J connectivity index is 2.70. The number of rotatable bonds is 4. The lowest BCUT2D eigenvalue weighted by molar-refractivity contribution is -0.131. The average molecular weight is 274 g/mol. The van der Waals surface area contributed by atoms with Crippen LogP contribution in [0.2, 0.25) is 0 Å². The quantitative estimate of drug-likeness (QED) is 0.840. The van der Waals surface area contributed by atoms with Crippen LogP contribution in [0, 0.1) is 6.92 Å². The number of carbonyl (C=O) groups is 1. The molecule has 4 nitrogen and oxygen atoms in total. The highest BCUT2D eigenvalue weighted by atomic mass is 79.9. The smallest absolute Gasteiger partial charge is 0.244 e. The fourth-order valence-electron chi connectivity index (χ4n) is 1.39. The Morgan fingerprint density at radius 1 is 1.53 bits per heavy atom. The number of nitrogens with zero attached hydrogens (tertiary/aromatic N) is 3. The van der Waals surface area contributed by atoms with Gasteiger partial charge in [-0.1, -0.05) is 0 Å². The van der Waals surface area contributed by atoms with Crippen LogP contribution in [-0.2, 0) is 11.3 Å². The highest BCUT2D eigenvalue weighted by Gasteiger charge is 2.12. The zero-order chi connectivity index (χ0) is 11.4. The monoisotopic (exact) mass is 273 g/mol. The summed E-state index contributed by atoms with van der Waals surface area (Å²) in [4.78, 5) is 13.6. The second-order valence-corrected chi connectivity index (χ2v) is 4.16. The number of likely N-dealkylation sites (N-methyl/N-ethyl adjacent to an activating group) is 1. The Morgan fingerprint density at radius 3 is 2.53 bits per heavy atom. The Labute approximate surface area is 98.4 Å². The molecule has 0 spiro atoms. The first-order valence-corrected chi connectivity index (χ1v) is 5.85. The van der Waals surface area contributed by atoms with E-state index in [1.54, 1.807) is 15.8 Å². The Morgan fingerprint density at radius 2 is 2.13 bits per heavy atom. The summed E-state index contributed by atoms with van der Waals surface area (Å²) in [6.07, 6.45) is 1.71. The van der Waals surface area contributed by atoms with Crippen LogP contribution in [0.5, 0.6) is 0 Å². The molecule has 0 radical (unpaired) electrons. The van der Waals surface area contributed by atoms with Crippen molar-refractivity contribution in [2.75, 3.05) is 13.1 Å². The molecule has 1 aromatic heterocycles. The molecular weight excluding hydrogens is 258 g/mol. The SMILES string of the molecule is CCN(CC)C(=O)Cn1ncc(Br)c1C. The largest absolute Gasteiger partial charge is 0.342 e. The maximum atomic E-state index is 11.8. The minimum absolute atomic E-state index is 0.110. The molecule has 0 aliphatic heterocycles. The number of carbonyl (C=O) groups excluding carboxylic acids is 1. The predicted molar refractivity (Wildman–Crippen MR) is 62.6 cm³/mol. The van der Waals surface area contributed by atoms with Gasteiger partial charge in [-0.25, -0.2) is 0 Å². The number of hydrogen-bond acceptors (Lipinski definition) is 2. The molecule has 1 amide bonds. The maximum Gasteiger partial charge on any atom is 0.244 e. The van der Waals surface area contributed by atoms with E-state index in [1.807, 2.05) is 20.8 Å². The molecule has 1 rings (SSSR count). The lowest BCUT2D eigenvalue weighted by Gasteiger charge is -2.18. The highest BCUT2D eigenvalue weighted by Crippen LogP contribution is 2.14. The zero-order valence-corrected chi connectivity index (χ0v) is 10.9. The number of amides is 1. The molecule has 1 heterocycles. The lowest BCUT2D eigenvalue weighted by Crippen LogP contribution is -2.33. The van der Waals surface area contributed by atoms with Crippen molar-refractivity contribution in [3.63, 3.8) is 0 Å². The van der Waals surface area contributed by atoms with Gasteiger partial charge < -0.3 is 4.90 Å². The summed E-state index contributed by atoms with van der Waals surface area (Å²) in [5, 5.41) is 4.13. The Kier molecular flexibility index (Phi) is 4.32. The van der Waals surface area contributed by atoms with Crippen LogP contribution < -0.4 is 0 Å². The molecule has 0 N–H and O–H groups in total. The van der Waals surface area contributed by atoms with Crippen LogP contribution in [0.15, 0.2) is 10.7 Å². The molecule has 5 heteroatoms. The third-order valence-corrected chi connectivity index (χ3v) is 3.22. The summed E-state index contributed by atoms with van der Waals surface area (Å²) < 4.78 is 2.65. The van der Waals surface area contributed by atoms with Crippen molar-refractivity contribution in [2.24, 2.45) is 0 Å². The molecule has 0 aromatic carbocycles. The van der Waals surface area contributed by atoms with Crippen molar-refractivity contribution in [1.29, 1.82) is 0 Å². The van der Waals surface area contributed by atoms with Crippen LogP contribution in [0.25, 0.3) is 0 Å². The molecule has 15 heavy (non-hydrogen) atoms. The first-order chi connectivity index (χ1) is 7.10. The normalized spacial score (nSPS) is 10.4. The van der Waals surface area contributed by atoms with Gasteiger partial charge in [0.2, 0.25) is 5.91 Å². The Hall–Kier alpha value is -0.840. The summed E-state index contributed by atoms with van der Waals surface area (Å²) in [6.45, 7) is 7.71. The molecule has 0 unspecified atom stereocenters. The number of hydrogen-bond donors (Lipinski definition) is 0. The fourth-order valence-corrected chi connectivity index (χ4v) is 1.68. The summed E-state index contributed by atoms with van der Waals surface area (Å²) in [5.41, 5.74) is 0.982. The van der Waals surface area contributed by atoms with Crippen molar-refractivity contribution in [2.45, 2.75) is 27.3 Å². The van der Waals surface area contributed by atoms with E-state index in [2.05, 4.69) is 21.0 Å². The van der Waals surface area contributed by atoms with Crippen LogP contribution >= 0.6 is 15.9 Å². The Bertz CT molecular complexity index is 344. The lowest BCUT2D eigenvalue weighted by atomic mass is 10.4. The minimum Gasteiger partial charge on any atom is -0.342 e. The van der Waals surface area contributed by atoms with Crippen LogP contribution in [-0.4, -0.2) is 33.7 Å². The topological polar surface area (TPSA) is 38.1 Å². The molecule has 0 saturated carbocycles. The summed E-state index contributed by atoms with van der Waals surface area (Å²) in [5.74, 6) is 0.110. The van der Waals surface area contributed by atoms with Crippen LogP contribution in [0.3, 0.4) is 0 Å². The molecule has 1 aromatic rings. The van der Waals surface area contributed by atoms with Gasteiger partial charge in [0.05, 0.1) is 16.4 Å². The fraction of sp³-hybridized carbons (Fsp3) is 0.600. The molecule has 0 bridgehead atoms. The first-order valence-electron chi connectivity index (χ1n) is 5.05. The number of aromatic nitrogens is 2. The summed E-state index contributed by atoms with van der Waals surface area (Å²) in [7, 11) is 0. The van der Waals surface area contributed by atoms with E-state index in [1.165, 1.54) is 0 Å². The van der Waals surface area contributed by atoms with Crippen LogP contribution in [0.1, 0.15) is 19.5 Å². The van der Waals surface area contributed by atoms with Gasteiger partial charge in [-0.05, 0) is 36.7 Å². The van der Waals surface area contributed by atoms with Gasteiger partial charge in [-0.3, -0.25) is 9.48 Å². The molecule has 0 aliphatic rings. The number of halogens is 1. The first kappa shape index (κ1) is 12.2. The van der Waals surface area contributed by atoms with E-state index in [9.17, 15) is 4.79 Å². The molecule has 0 saturated heterocycles. The predicted octanol–water partition coefficient (Wildman–Crippen LogP) is 1.82. The van der Waals surface area contributed by atoms with E-state index in [0.717, 1.165) is 23.3 Å². The third kappa shape index (κ3) is 2.81. The van der Waals surface area contributed by atoms with Crippen molar-refractivity contribution in [3.8, 4) is 0 Å². The van der Waals surface area contributed by atoms with Gasteiger partial charge in [-0.2, -0.15) is 5.10 Å². The second kappa shape index (κ2) is 5.30. The van der Waals surface area contributed by atoms with Crippen LogP contribution in [0.4, 0.5) is 0 Å². The van der Waals surface area contributed by atoms with Gasteiger partial charge in [0.1, 0.15) is 6.54 Å². The molecular formula is C10H16BrN3O. The minimum atomic E-state index is 0.110. The van der Waals surface area contributed by atoms with Crippen molar-refractivity contribution in [1.82, 2.24) is 14.7 Å². The average Bonchev–Trinajstić information content (AvgIpc) is 2.52. The molecule has 0 aliphatic carbocycles. The van der Waals surface area contributed by atoms with Crippen molar-refractivity contribution in [3.05, 3.63) is 16.4 Å².